The summed E-state index contributed by atoms with van der Waals surface area (Å²) >= 11 is 0. The summed E-state index contributed by atoms with van der Waals surface area (Å²) in [4.78, 5) is 15.9. The van der Waals surface area contributed by atoms with E-state index in [0.29, 0.717) is 0 Å². The second kappa shape index (κ2) is 6.31. The molecule has 4 rings (SSSR count). The van der Waals surface area contributed by atoms with Crippen LogP contribution in [0.1, 0.15) is 29.7 Å². The van der Waals surface area contributed by atoms with E-state index >= 15 is 0 Å². The van der Waals surface area contributed by atoms with Crippen LogP contribution in [0.25, 0.3) is 10.9 Å². The lowest BCUT2D eigenvalue weighted by Gasteiger charge is -2.37. The summed E-state index contributed by atoms with van der Waals surface area (Å²) in [5, 5.41) is 1.38. The average Bonchev–Trinajstić information content (AvgIpc) is 3.02. The number of benzene rings is 1. The van der Waals surface area contributed by atoms with Gasteiger partial charge in [0.1, 0.15) is 5.60 Å². The maximum absolute atomic E-state index is 11.7. The summed E-state index contributed by atoms with van der Waals surface area (Å²) in [6.45, 7) is 8.19. The Morgan fingerprint density at radius 1 is 1.15 bits per heavy atom. The summed E-state index contributed by atoms with van der Waals surface area (Å²) < 4.78 is 7.98. The molecule has 3 heterocycles. The molecule has 26 heavy (non-hydrogen) atoms. The number of fused-ring (bicyclic) bond motifs is 1. The molecule has 0 aliphatic carbocycles. The number of ether oxygens (including phenoxy) is 1. The molecule has 0 unspecified atom stereocenters. The lowest BCUT2D eigenvalue weighted by molar-refractivity contribution is 0.00107. The Bertz CT molecular complexity index is 847. The number of piperidine rings is 1. The summed E-state index contributed by atoms with van der Waals surface area (Å²) in [6, 6.07) is 6.76. The first kappa shape index (κ1) is 17.4. The van der Waals surface area contributed by atoms with E-state index in [9.17, 15) is 4.79 Å². The van der Waals surface area contributed by atoms with E-state index in [2.05, 4.69) is 48.6 Å². The van der Waals surface area contributed by atoms with Crippen LogP contribution in [0.4, 0.5) is 4.79 Å². The van der Waals surface area contributed by atoms with Gasteiger partial charge in [-0.2, -0.15) is 0 Å². The van der Waals surface area contributed by atoms with E-state index in [1.165, 1.54) is 27.7 Å². The van der Waals surface area contributed by atoms with Gasteiger partial charge in [0.2, 0.25) is 0 Å². The van der Waals surface area contributed by atoms with E-state index in [1.807, 2.05) is 7.05 Å². The fourth-order valence-electron chi connectivity index (χ4n) is 4.57. The second-order valence-corrected chi connectivity index (χ2v) is 8.14. The number of aryl methyl sites for hydroxylation is 2. The molecule has 0 radical (unpaired) electrons. The fraction of sp³-hybridized carbons (Fsp3) is 0.571. The van der Waals surface area contributed by atoms with E-state index < -0.39 is 0 Å². The smallest absolute Gasteiger partial charge is 0.410 e. The predicted molar refractivity (Wildman–Crippen MR) is 104 cm³/mol. The highest BCUT2D eigenvalue weighted by molar-refractivity contribution is 5.86. The van der Waals surface area contributed by atoms with Gasteiger partial charge in [-0.3, -0.25) is 0 Å². The SMILES string of the molecule is Cc1ccc2c(CCN3CCC4(CC3)CN(C)C(=O)O4)c(C)n(C)c2c1. The van der Waals surface area contributed by atoms with Gasteiger partial charge in [-0.05, 0) is 37.5 Å². The van der Waals surface area contributed by atoms with Crippen LogP contribution < -0.4 is 0 Å². The molecule has 1 aromatic heterocycles. The Balaban J connectivity index is 1.42. The first-order chi connectivity index (χ1) is 12.4. The van der Waals surface area contributed by atoms with Gasteiger partial charge in [-0.1, -0.05) is 12.1 Å². The maximum atomic E-state index is 11.7. The number of nitrogens with zero attached hydrogens (tertiary/aromatic N) is 3. The molecule has 0 saturated carbocycles. The van der Waals surface area contributed by atoms with Gasteiger partial charge in [0.05, 0.1) is 6.54 Å². The Hall–Kier alpha value is -2.01. The monoisotopic (exact) mass is 355 g/mol. The van der Waals surface area contributed by atoms with Crippen LogP contribution in [0, 0.1) is 13.8 Å². The number of carbonyl (C=O) groups excluding carboxylic acids is 1. The van der Waals surface area contributed by atoms with Crippen LogP contribution in [-0.2, 0) is 18.2 Å². The molecule has 2 fully saturated rings. The Kier molecular flexibility index (Phi) is 4.22. The third kappa shape index (κ3) is 2.88. The minimum Gasteiger partial charge on any atom is -0.441 e. The number of amides is 1. The number of aromatic nitrogens is 1. The van der Waals surface area contributed by atoms with Crippen molar-refractivity contribution < 1.29 is 9.53 Å². The van der Waals surface area contributed by atoms with Crippen molar-refractivity contribution in [3.8, 4) is 0 Å². The molecule has 140 valence electrons. The van der Waals surface area contributed by atoms with Crippen molar-refractivity contribution in [2.45, 2.75) is 38.7 Å². The van der Waals surface area contributed by atoms with Crippen molar-refractivity contribution >= 4 is 17.0 Å². The molecule has 5 heteroatoms. The van der Waals surface area contributed by atoms with Crippen LogP contribution in [0.2, 0.25) is 0 Å². The standard InChI is InChI=1S/C21H29N3O2/c1-15-5-6-18-17(16(2)23(4)19(18)13-15)7-10-24-11-8-21(9-12-24)14-22(3)20(25)26-21/h5-6,13H,7-12,14H2,1-4H3. The summed E-state index contributed by atoms with van der Waals surface area (Å²) in [5.74, 6) is 0. The summed E-state index contributed by atoms with van der Waals surface area (Å²) in [5.41, 5.74) is 5.23. The van der Waals surface area contributed by atoms with Crippen molar-refractivity contribution in [2.75, 3.05) is 33.2 Å². The average molecular weight is 355 g/mol. The molecule has 2 saturated heterocycles. The molecule has 1 spiro atoms. The van der Waals surface area contributed by atoms with Crippen molar-refractivity contribution in [3.05, 3.63) is 35.0 Å². The second-order valence-electron chi connectivity index (χ2n) is 8.14. The van der Waals surface area contributed by atoms with Crippen molar-refractivity contribution in [1.82, 2.24) is 14.4 Å². The predicted octanol–water partition coefficient (Wildman–Crippen LogP) is 3.25. The van der Waals surface area contributed by atoms with Gasteiger partial charge < -0.3 is 19.1 Å². The number of hydrogen-bond donors (Lipinski definition) is 0. The highest BCUT2D eigenvalue weighted by Crippen LogP contribution is 2.33. The molecule has 0 N–H and O–H groups in total. The molecule has 0 atom stereocenters. The molecule has 2 aliphatic rings. The Labute approximate surface area is 155 Å². The zero-order chi connectivity index (χ0) is 18.5. The minimum atomic E-state index is -0.241. The highest BCUT2D eigenvalue weighted by atomic mass is 16.6. The third-order valence-electron chi connectivity index (χ3n) is 6.37. The number of likely N-dealkylation sites (N-methyl/N-ethyl adjacent to an activating group) is 1. The van der Waals surface area contributed by atoms with Gasteiger partial charge in [0.15, 0.2) is 0 Å². The van der Waals surface area contributed by atoms with Crippen molar-refractivity contribution in [1.29, 1.82) is 0 Å². The minimum absolute atomic E-state index is 0.167. The molecule has 2 aliphatic heterocycles. The molecule has 2 aromatic rings. The maximum Gasteiger partial charge on any atom is 0.410 e. The zero-order valence-electron chi connectivity index (χ0n) is 16.3. The Morgan fingerprint density at radius 2 is 1.88 bits per heavy atom. The van der Waals surface area contributed by atoms with E-state index in [4.69, 9.17) is 4.74 Å². The van der Waals surface area contributed by atoms with E-state index in [0.717, 1.165) is 45.4 Å². The molecule has 0 bridgehead atoms. The first-order valence-corrected chi connectivity index (χ1v) is 9.59. The zero-order valence-corrected chi connectivity index (χ0v) is 16.3. The normalized spacial score (nSPS) is 20.3. The topological polar surface area (TPSA) is 37.7 Å². The number of hydrogen-bond acceptors (Lipinski definition) is 3. The molecular formula is C21H29N3O2. The van der Waals surface area contributed by atoms with Crippen molar-refractivity contribution in [2.24, 2.45) is 7.05 Å². The molecule has 1 amide bonds. The third-order valence-corrected chi connectivity index (χ3v) is 6.37. The fourth-order valence-corrected chi connectivity index (χ4v) is 4.57. The number of carbonyl (C=O) groups is 1. The summed E-state index contributed by atoms with van der Waals surface area (Å²) in [7, 11) is 3.99. The quantitative estimate of drug-likeness (QED) is 0.848. The molecular weight excluding hydrogens is 326 g/mol. The number of likely N-dealkylation sites (tertiary alicyclic amines) is 1. The van der Waals surface area contributed by atoms with Crippen LogP contribution >= 0.6 is 0 Å². The van der Waals surface area contributed by atoms with Crippen LogP contribution in [0.3, 0.4) is 0 Å². The van der Waals surface area contributed by atoms with E-state index in [-0.39, 0.29) is 11.7 Å². The lowest BCUT2D eigenvalue weighted by atomic mass is 9.91. The molecule has 1 aromatic carbocycles. The molecule has 5 nitrogen and oxygen atoms in total. The van der Waals surface area contributed by atoms with Gasteiger partial charge >= 0.3 is 6.09 Å². The Morgan fingerprint density at radius 3 is 2.54 bits per heavy atom. The van der Waals surface area contributed by atoms with Gasteiger partial charge in [-0.25, -0.2) is 4.79 Å². The van der Waals surface area contributed by atoms with E-state index in [1.54, 1.807) is 4.90 Å². The van der Waals surface area contributed by atoms with Gasteiger partial charge in [0, 0.05) is 63.2 Å². The number of rotatable bonds is 3. The van der Waals surface area contributed by atoms with Crippen LogP contribution in [-0.4, -0.2) is 59.3 Å². The summed E-state index contributed by atoms with van der Waals surface area (Å²) in [6.07, 6.45) is 2.78. The van der Waals surface area contributed by atoms with Crippen molar-refractivity contribution in [3.63, 3.8) is 0 Å². The highest BCUT2D eigenvalue weighted by Gasteiger charge is 2.45. The lowest BCUT2D eigenvalue weighted by Crippen LogP contribution is -2.47. The largest absolute Gasteiger partial charge is 0.441 e. The van der Waals surface area contributed by atoms with Gasteiger partial charge in [-0.15, -0.1) is 0 Å². The first-order valence-electron chi connectivity index (χ1n) is 9.59. The van der Waals surface area contributed by atoms with Gasteiger partial charge in [0.25, 0.3) is 0 Å². The van der Waals surface area contributed by atoms with Crippen LogP contribution in [0.5, 0.6) is 0 Å². The van der Waals surface area contributed by atoms with Crippen LogP contribution in [0.15, 0.2) is 18.2 Å².